The lowest BCUT2D eigenvalue weighted by Crippen LogP contribution is -2.40. The summed E-state index contributed by atoms with van der Waals surface area (Å²) in [5, 5.41) is 11.6. The number of hydrogen-bond donors (Lipinski definition) is 2. The lowest BCUT2D eigenvalue weighted by Gasteiger charge is -2.29. The monoisotopic (exact) mass is 491 g/mol. The van der Waals surface area contributed by atoms with Crippen LogP contribution in [0, 0.1) is 11.3 Å². The second-order valence-corrected chi connectivity index (χ2v) is 8.83. The van der Waals surface area contributed by atoms with E-state index in [9.17, 15) is 14.4 Å². The van der Waals surface area contributed by atoms with Crippen molar-refractivity contribution < 1.29 is 19.1 Å². The van der Waals surface area contributed by atoms with E-state index in [0.717, 1.165) is 31.6 Å². The number of ether oxygens (including phenoxy) is 1. The molecule has 0 aromatic carbocycles. The summed E-state index contributed by atoms with van der Waals surface area (Å²) >= 11 is 0. The second kappa shape index (κ2) is 11.6. The number of pyridine rings is 2. The van der Waals surface area contributed by atoms with E-state index in [1.165, 1.54) is 30.0 Å². The van der Waals surface area contributed by atoms with Gasteiger partial charge in [0.1, 0.15) is 23.4 Å². The maximum Gasteiger partial charge on any atom is 0.328 e. The van der Waals surface area contributed by atoms with Crippen molar-refractivity contribution in [3.8, 4) is 6.07 Å². The van der Waals surface area contributed by atoms with Crippen LogP contribution in [0.1, 0.15) is 59.3 Å². The number of anilines is 3. The Morgan fingerprint density at radius 3 is 2.58 bits per heavy atom. The van der Waals surface area contributed by atoms with Crippen molar-refractivity contribution in [3.05, 3.63) is 40.7 Å². The third-order valence-electron chi connectivity index (χ3n) is 6.28. The van der Waals surface area contributed by atoms with Gasteiger partial charge in [-0.15, -0.1) is 0 Å². The average Bonchev–Trinajstić information content (AvgIpc) is 3.59. The average molecular weight is 492 g/mol. The van der Waals surface area contributed by atoms with Gasteiger partial charge in [-0.2, -0.15) is 5.26 Å². The molecule has 5 rings (SSSR count). The molecule has 3 aliphatic rings. The van der Waals surface area contributed by atoms with Crippen LogP contribution in [0.4, 0.5) is 22.1 Å². The first-order valence-corrected chi connectivity index (χ1v) is 12.1. The highest BCUT2D eigenvalue weighted by atomic mass is 16.5. The maximum atomic E-state index is 12.9. The summed E-state index contributed by atoms with van der Waals surface area (Å²) < 4.78 is 4.94. The van der Waals surface area contributed by atoms with Crippen molar-refractivity contribution in [2.45, 2.75) is 45.1 Å². The molecule has 36 heavy (non-hydrogen) atoms. The van der Waals surface area contributed by atoms with Crippen LogP contribution in [0.5, 0.6) is 0 Å². The molecule has 0 bridgehead atoms. The number of nitrogens with one attached hydrogen (secondary N) is 1. The summed E-state index contributed by atoms with van der Waals surface area (Å²) in [4.78, 5) is 48.2. The molecule has 3 aliphatic heterocycles. The molecule has 0 atom stereocenters. The molecule has 2 aromatic heterocycles. The van der Waals surface area contributed by atoms with E-state index in [1.807, 2.05) is 12.1 Å². The second-order valence-electron chi connectivity index (χ2n) is 8.83. The molecule has 3 N–H and O–H groups in total. The highest BCUT2D eigenvalue weighted by molar-refractivity contribution is 6.01. The van der Waals surface area contributed by atoms with Gasteiger partial charge in [0.15, 0.2) is 6.29 Å². The normalized spacial score (nSPS) is 16.6. The minimum Gasteiger partial charge on any atom is -0.398 e. The largest absolute Gasteiger partial charge is 0.398 e. The van der Waals surface area contributed by atoms with Gasteiger partial charge in [0.2, 0.25) is 5.91 Å². The van der Waals surface area contributed by atoms with E-state index in [1.54, 1.807) is 4.90 Å². The number of amides is 3. The van der Waals surface area contributed by atoms with E-state index >= 15 is 0 Å². The molecule has 3 amide bonds. The summed E-state index contributed by atoms with van der Waals surface area (Å²) in [5.41, 5.74) is 7.99. The van der Waals surface area contributed by atoms with Crippen molar-refractivity contribution in [3.63, 3.8) is 0 Å². The molecule has 5 heterocycles. The number of likely N-dealkylation sites (tertiary alicyclic amines) is 1. The number of nitrogens with two attached hydrogens (primary N) is 1. The van der Waals surface area contributed by atoms with Gasteiger partial charge < -0.3 is 15.4 Å². The Morgan fingerprint density at radius 1 is 1.19 bits per heavy atom. The van der Waals surface area contributed by atoms with E-state index in [2.05, 4.69) is 15.3 Å². The number of aromatic nitrogens is 2. The van der Waals surface area contributed by atoms with Crippen molar-refractivity contribution in [1.82, 2.24) is 14.9 Å². The Kier molecular flexibility index (Phi) is 8.07. The smallest absolute Gasteiger partial charge is 0.328 e. The van der Waals surface area contributed by atoms with Gasteiger partial charge in [-0.25, -0.2) is 14.8 Å². The molecular formula is C25H29N7O4. The van der Waals surface area contributed by atoms with E-state index in [4.69, 9.17) is 15.7 Å². The van der Waals surface area contributed by atoms with Gasteiger partial charge in [-0.3, -0.25) is 19.8 Å². The number of fused-ring (bicyclic) bond motifs is 1. The molecule has 11 heteroatoms. The molecule has 0 spiro atoms. The quantitative estimate of drug-likeness (QED) is 0.619. The van der Waals surface area contributed by atoms with Crippen LogP contribution in [0.25, 0.3) is 0 Å². The topological polar surface area (TPSA) is 155 Å². The molecule has 0 radical (unpaired) electrons. The third-order valence-corrected chi connectivity index (χ3v) is 6.28. The lowest BCUT2D eigenvalue weighted by molar-refractivity contribution is -0.128. The van der Waals surface area contributed by atoms with Crippen LogP contribution in [0.2, 0.25) is 0 Å². The zero-order valence-corrected chi connectivity index (χ0v) is 20.0. The Balaban J connectivity index is 0.000000543. The van der Waals surface area contributed by atoms with Crippen LogP contribution in [-0.4, -0.2) is 59.4 Å². The van der Waals surface area contributed by atoms with Crippen LogP contribution >= 0.6 is 0 Å². The first-order valence-electron chi connectivity index (χ1n) is 12.1. The molecule has 188 valence electrons. The number of nitriles is 1. The van der Waals surface area contributed by atoms with Crippen LogP contribution in [0.3, 0.4) is 0 Å². The highest BCUT2D eigenvalue weighted by Crippen LogP contribution is 2.29. The maximum absolute atomic E-state index is 12.9. The fourth-order valence-corrected chi connectivity index (χ4v) is 4.38. The van der Waals surface area contributed by atoms with Crippen molar-refractivity contribution in [1.29, 1.82) is 5.26 Å². The SMILES string of the molecule is C1CCOC1.N#Cc1cnc(NC(=O)N2CCCc3cc(CN4CCCC4=O)c(C=O)nc32)cc1N. The van der Waals surface area contributed by atoms with Crippen molar-refractivity contribution in [2.75, 3.05) is 42.3 Å². The van der Waals surface area contributed by atoms with Crippen molar-refractivity contribution in [2.24, 2.45) is 0 Å². The summed E-state index contributed by atoms with van der Waals surface area (Å²) in [7, 11) is 0. The number of aryl methyl sites for hydroxylation is 1. The lowest BCUT2D eigenvalue weighted by atomic mass is 10.0. The molecule has 0 aliphatic carbocycles. The van der Waals surface area contributed by atoms with Gasteiger partial charge in [-0.05, 0) is 43.7 Å². The number of carbonyl (C=O) groups is 3. The predicted octanol–water partition coefficient (Wildman–Crippen LogP) is 2.65. The Labute approximate surface area is 209 Å². The van der Waals surface area contributed by atoms with Crippen LogP contribution in [0.15, 0.2) is 18.3 Å². The fourth-order valence-electron chi connectivity index (χ4n) is 4.38. The summed E-state index contributed by atoms with van der Waals surface area (Å²) in [6.07, 6.45) is 7.29. The number of hydrogen-bond acceptors (Lipinski definition) is 8. The van der Waals surface area contributed by atoms with Gasteiger partial charge >= 0.3 is 6.03 Å². The number of rotatable bonds is 4. The van der Waals surface area contributed by atoms with E-state index in [0.29, 0.717) is 50.1 Å². The minimum absolute atomic E-state index is 0.0739. The summed E-state index contributed by atoms with van der Waals surface area (Å²) in [6, 6.07) is 4.75. The number of nitrogens with zero attached hydrogens (tertiary/aromatic N) is 5. The Morgan fingerprint density at radius 2 is 1.97 bits per heavy atom. The third kappa shape index (κ3) is 5.78. The number of nitrogen functional groups attached to an aromatic ring is 1. The number of urea groups is 1. The molecule has 0 unspecified atom stereocenters. The van der Waals surface area contributed by atoms with Crippen LogP contribution in [-0.2, 0) is 22.5 Å². The van der Waals surface area contributed by atoms with Gasteiger partial charge in [0.25, 0.3) is 0 Å². The summed E-state index contributed by atoms with van der Waals surface area (Å²) in [5.74, 6) is 0.710. The minimum atomic E-state index is -0.454. The van der Waals surface area contributed by atoms with Gasteiger partial charge in [-0.1, -0.05) is 0 Å². The van der Waals surface area contributed by atoms with Gasteiger partial charge in [0.05, 0.1) is 11.3 Å². The van der Waals surface area contributed by atoms with Crippen molar-refractivity contribution >= 4 is 35.5 Å². The zero-order chi connectivity index (χ0) is 25.5. The number of carbonyl (C=O) groups excluding carboxylic acids is 3. The number of aldehydes is 1. The molecule has 2 aromatic rings. The van der Waals surface area contributed by atoms with Gasteiger partial charge in [0, 0.05) is 57.1 Å². The van der Waals surface area contributed by atoms with E-state index < -0.39 is 6.03 Å². The first kappa shape index (κ1) is 25.1. The summed E-state index contributed by atoms with van der Waals surface area (Å²) in [6.45, 7) is 3.44. The Hall–Kier alpha value is -4.04. The zero-order valence-electron chi connectivity index (χ0n) is 20.0. The van der Waals surface area contributed by atoms with E-state index in [-0.39, 0.29) is 28.7 Å². The molecule has 2 fully saturated rings. The van der Waals surface area contributed by atoms with Crippen LogP contribution < -0.4 is 16.0 Å². The fraction of sp³-hybridized carbons (Fsp3) is 0.440. The first-order chi connectivity index (χ1) is 17.5. The predicted molar refractivity (Wildman–Crippen MR) is 132 cm³/mol. The molecule has 11 nitrogen and oxygen atoms in total. The molecule has 0 saturated carbocycles. The molecular weight excluding hydrogens is 462 g/mol. The molecule has 2 saturated heterocycles. The standard InChI is InChI=1S/C21H21N7O3.C4H8O/c22-9-15-10-24-18(8-16(15)23)26-21(31)28-6-1-3-13-7-14(17(12-29)25-20(13)28)11-27-5-2-4-19(27)30;1-2-4-5-3-1/h7-8,10,12H,1-6,11H2,(H3,23,24,26,31);1-4H2. The highest BCUT2D eigenvalue weighted by Gasteiger charge is 2.28. The Bertz CT molecular complexity index is 1180.